The quantitative estimate of drug-likeness (QED) is 0.586. The smallest absolute Gasteiger partial charge is 0.255 e. The van der Waals surface area contributed by atoms with Gasteiger partial charge in [-0.3, -0.25) is 14.4 Å². The molecule has 0 aliphatic carbocycles. The van der Waals surface area contributed by atoms with Crippen molar-refractivity contribution in [2.24, 2.45) is 0 Å². The Hall–Kier alpha value is -3.45. The summed E-state index contributed by atoms with van der Waals surface area (Å²) in [5, 5.41) is 6.32. The molecule has 7 nitrogen and oxygen atoms in total. The average molecular weight is 425 g/mol. The third-order valence-electron chi connectivity index (χ3n) is 4.41. The molecule has 0 saturated heterocycles. The molecule has 2 N–H and O–H groups in total. The summed E-state index contributed by atoms with van der Waals surface area (Å²) < 4.78 is 0. The van der Waals surface area contributed by atoms with Crippen LogP contribution in [0, 0.1) is 0 Å². The van der Waals surface area contributed by atoms with Crippen LogP contribution in [0.25, 0.3) is 10.9 Å². The van der Waals surface area contributed by atoms with E-state index in [4.69, 9.17) is 11.6 Å². The molecule has 1 aromatic heterocycles. The van der Waals surface area contributed by atoms with Gasteiger partial charge in [-0.1, -0.05) is 29.8 Å². The number of hydrogen-bond donors (Lipinski definition) is 2. The summed E-state index contributed by atoms with van der Waals surface area (Å²) in [6, 6.07) is 15.5. The minimum atomic E-state index is -0.332. The van der Waals surface area contributed by atoms with Gasteiger partial charge in [0.25, 0.3) is 5.91 Å². The van der Waals surface area contributed by atoms with Crippen molar-refractivity contribution in [1.29, 1.82) is 0 Å². The Labute approximate surface area is 179 Å². The van der Waals surface area contributed by atoms with Crippen LogP contribution >= 0.6 is 11.6 Å². The molecule has 3 aromatic rings. The van der Waals surface area contributed by atoms with Gasteiger partial charge in [0.15, 0.2) is 0 Å². The molecule has 1 heterocycles. The largest absolute Gasteiger partial charge is 0.330 e. The van der Waals surface area contributed by atoms with Crippen LogP contribution in [0.3, 0.4) is 0 Å². The van der Waals surface area contributed by atoms with Gasteiger partial charge in [0.1, 0.15) is 11.7 Å². The summed E-state index contributed by atoms with van der Waals surface area (Å²) in [6.07, 6.45) is 0. The Bertz CT molecular complexity index is 1100. The van der Waals surface area contributed by atoms with Gasteiger partial charge in [-0.2, -0.15) is 0 Å². The van der Waals surface area contributed by atoms with Crippen LogP contribution in [0.5, 0.6) is 0 Å². The first kappa shape index (κ1) is 21.3. The van der Waals surface area contributed by atoms with E-state index in [0.29, 0.717) is 34.4 Å². The molecule has 154 valence electrons. The Balaban J connectivity index is 1.73. The number of amides is 3. The summed E-state index contributed by atoms with van der Waals surface area (Å²) in [7, 11) is 0. The second-order valence-electron chi connectivity index (χ2n) is 6.64. The zero-order valence-electron chi connectivity index (χ0n) is 16.6. The Morgan fingerprint density at radius 1 is 1.00 bits per heavy atom. The predicted molar refractivity (Wildman–Crippen MR) is 118 cm³/mol. The second-order valence-corrected chi connectivity index (χ2v) is 7.02. The zero-order valence-corrected chi connectivity index (χ0v) is 17.4. The molecule has 0 aliphatic heterocycles. The number of para-hydroxylation sites is 1. The maximum absolute atomic E-state index is 13.1. The molecular weight excluding hydrogens is 404 g/mol. The van der Waals surface area contributed by atoms with Gasteiger partial charge in [-0.15, -0.1) is 0 Å². The number of hydrogen-bond acceptors (Lipinski definition) is 4. The van der Waals surface area contributed by atoms with Crippen molar-refractivity contribution in [2.45, 2.75) is 13.8 Å². The van der Waals surface area contributed by atoms with Gasteiger partial charge in [0.05, 0.1) is 11.1 Å². The molecule has 3 amide bonds. The molecule has 0 spiro atoms. The summed E-state index contributed by atoms with van der Waals surface area (Å²) in [5.74, 6) is -0.802. The highest BCUT2D eigenvalue weighted by molar-refractivity contribution is 6.30. The van der Waals surface area contributed by atoms with E-state index in [9.17, 15) is 14.4 Å². The maximum Gasteiger partial charge on any atom is 0.255 e. The van der Waals surface area contributed by atoms with Crippen LogP contribution in [0.4, 0.5) is 11.4 Å². The van der Waals surface area contributed by atoms with Crippen molar-refractivity contribution < 1.29 is 14.4 Å². The number of likely N-dealkylation sites (N-methyl/N-ethyl adjacent to an activating group) is 1. The fourth-order valence-electron chi connectivity index (χ4n) is 3.03. The van der Waals surface area contributed by atoms with E-state index in [1.165, 1.54) is 17.9 Å². The van der Waals surface area contributed by atoms with E-state index in [0.717, 1.165) is 0 Å². The normalized spacial score (nSPS) is 10.5. The third-order valence-corrected chi connectivity index (χ3v) is 4.60. The van der Waals surface area contributed by atoms with Crippen LogP contribution in [0.1, 0.15) is 24.2 Å². The highest BCUT2D eigenvalue weighted by atomic mass is 35.5. The molecule has 0 aliphatic rings. The Morgan fingerprint density at radius 3 is 2.27 bits per heavy atom. The summed E-state index contributed by atoms with van der Waals surface area (Å²) in [6.45, 7) is 3.46. The van der Waals surface area contributed by atoms with E-state index < -0.39 is 0 Å². The molecule has 0 fully saturated rings. The third kappa shape index (κ3) is 5.12. The van der Waals surface area contributed by atoms with Gasteiger partial charge >= 0.3 is 0 Å². The van der Waals surface area contributed by atoms with E-state index in [1.54, 1.807) is 43.3 Å². The van der Waals surface area contributed by atoms with E-state index >= 15 is 0 Å². The topological polar surface area (TPSA) is 91.4 Å². The van der Waals surface area contributed by atoms with Crippen LogP contribution < -0.4 is 10.6 Å². The highest BCUT2D eigenvalue weighted by Gasteiger charge is 2.20. The molecular formula is C22H21ClN4O3. The first-order valence-corrected chi connectivity index (χ1v) is 9.77. The number of nitrogens with one attached hydrogen (secondary N) is 2. The molecule has 30 heavy (non-hydrogen) atoms. The van der Waals surface area contributed by atoms with Gasteiger partial charge in [0.2, 0.25) is 11.8 Å². The van der Waals surface area contributed by atoms with Crippen molar-refractivity contribution in [3.8, 4) is 0 Å². The number of nitrogens with zero attached hydrogens (tertiary/aromatic N) is 2. The van der Waals surface area contributed by atoms with Crippen molar-refractivity contribution in [3.05, 3.63) is 65.3 Å². The van der Waals surface area contributed by atoms with Crippen LogP contribution in [-0.2, 0) is 9.59 Å². The number of aromatic nitrogens is 1. The molecule has 0 saturated carbocycles. The second kappa shape index (κ2) is 9.37. The number of rotatable bonds is 6. The van der Waals surface area contributed by atoms with E-state index in [-0.39, 0.29) is 29.4 Å². The van der Waals surface area contributed by atoms with Gasteiger partial charge in [-0.25, -0.2) is 4.98 Å². The summed E-state index contributed by atoms with van der Waals surface area (Å²) in [5.41, 5.74) is 2.22. The number of anilines is 2. The van der Waals surface area contributed by atoms with Crippen molar-refractivity contribution in [1.82, 2.24) is 9.88 Å². The molecule has 0 unspecified atom stereocenters. The average Bonchev–Trinajstić information content (AvgIpc) is 2.72. The lowest BCUT2D eigenvalue weighted by atomic mass is 10.1. The number of carbonyl (C=O) groups is 3. The van der Waals surface area contributed by atoms with Crippen molar-refractivity contribution >= 4 is 51.6 Å². The number of fused-ring (bicyclic) bond motifs is 1. The van der Waals surface area contributed by atoms with E-state index in [2.05, 4.69) is 15.6 Å². The fraction of sp³-hybridized carbons (Fsp3) is 0.182. The summed E-state index contributed by atoms with van der Waals surface area (Å²) >= 11 is 6.09. The first-order chi connectivity index (χ1) is 14.4. The SMILES string of the molecule is CCN(CC(=O)Nc1ccc(NC(C)=O)cc1)C(=O)c1cc(Cl)nc2ccccc12. The van der Waals surface area contributed by atoms with Gasteiger partial charge < -0.3 is 15.5 Å². The number of halogens is 1. The van der Waals surface area contributed by atoms with Crippen molar-refractivity contribution in [3.63, 3.8) is 0 Å². The zero-order chi connectivity index (χ0) is 21.7. The monoisotopic (exact) mass is 424 g/mol. The summed E-state index contributed by atoms with van der Waals surface area (Å²) in [4.78, 5) is 42.4. The number of pyridine rings is 1. The van der Waals surface area contributed by atoms with Crippen LogP contribution in [0.2, 0.25) is 5.15 Å². The van der Waals surface area contributed by atoms with Crippen LogP contribution in [0.15, 0.2) is 54.6 Å². The highest BCUT2D eigenvalue weighted by Crippen LogP contribution is 2.22. The minimum Gasteiger partial charge on any atom is -0.330 e. The Kier molecular flexibility index (Phi) is 6.64. The molecule has 3 rings (SSSR count). The minimum absolute atomic E-state index is 0.114. The molecule has 0 radical (unpaired) electrons. The molecule has 2 aromatic carbocycles. The van der Waals surface area contributed by atoms with Gasteiger partial charge in [-0.05, 0) is 43.3 Å². The lowest BCUT2D eigenvalue weighted by Crippen LogP contribution is -2.38. The molecule has 0 atom stereocenters. The lowest BCUT2D eigenvalue weighted by molar-refractivity contribution is -0.117. The maximum atomic E-state index is 13.1. The molecule has 8 heteroatoms. The van der Waals surface area contributed by atoms with Crippen molar-refractivity contribution in [2.75, 3.05) is 23.7 Å². The first-order valence-electron chi connectivity index (χ1n) is 9.39. The fourth-order valence-corrected chi connectivity index (χ4v) is 3.23. The Morgan fingerprint density at radius 2 is 1.63 bits per heavy atom. The number of carbonyl (C=O) groups excluding carboxylic acids is 3. The lowest BCUT2D eigenvalue weighted by Gasteiger charge is -2.21. The number of benzene rings is 2. The van der Waals surface area contributed by atoms with E-state index in [1.807, 2.05) is 12.1 Å². The van der Waals surface area contributed by atoms with Gasteiger partial charge in [0, 0.05) is 30.2 Å². The molecule has 0 bridgehead atoms. The van der Waals surface area contributed by atoms with Crippen LogP contribution in [-0.4, -0.2) is 40.7 Å². The standard InChI is InChI=1S/C22H21ClN4O3/c1-3-27(13-21(29)25-16-10-8-15(9-11-16)24-14(2)28)22(30)18-12-20(23)26-19-7-5-4-6-17(18)19/h4-12H,3,13H2,1-2H3,(H,24,28)(H,25,29). The predicted octanol–water partition coefficient (Wildman–Crippen LogP) is 3.95.